The molecule has 0 saturated heterocycles. The fraction of sp³-hybridized carbons (Fsp3) is 0.545. The summed E-state index contributed by atoms with van der Waals surface area (Å²) < 4.78 is 4.97. The Morgan fingerprint density at radius 2 is 2.33 bits per heavy atom. The second-order valence-electron chi connectivity index (χ2n) is 3.59. The predicted octanol–water partition coefficient (Wildman–Crippen LogP) is 0.487. The highest BCUT2D eigenvalue weighted by atomic mass is 16.5. The van der Waals surface area contributed by atoms with Crippen molar-refractivity contribution in [2.75, 3.05) is 20.3 Å². The number of hydrogen-bond acceptors (Lipinski definition) is 4. The van der Waals surface area contributed by atoms with Crippen LogP contribution >= 0.6 is 0 Å². The summed E-state index contributed by atoms with van der Waals surface area (Å²) >= 11 is 0. The first-order valence-electron chi connectivity index (χ1n) is 5.00. The Balaban J connectivity index is 2.41. The maximum absolute atomic E-state index is 9.03. The minimum Gasteiger partial charge on any atom is -0.395 e. The topological polar surface area (TPSA) is 54.4 Å². The molecule has 2 N–H and O–H groups in total. The molecule has 1 heterocycles. The number of pyridine rings is 1. The van der Waals surface area contributed by atoms with Gasteiger partial charge in [0.25, 0.3) is 0 Å². The number of aliphatic hydroxyl groups excluding tert-OH is 1. The first-order valence-corrected chi connectivity index (χ1v) is 5.00. The van der Waals surface area contributed by atoms with E-state index in [4.69, 9.17) is 9.84 Å². The van der Waals surface area contributed by atoms with E-state index in [1.54, 1.807) is 7.11 Å². The van der Waals surface area contributed by atoms with E-state index in [-0.39, 0.29) is 12.6 Å². The van der Waals surface area contributed by atoms with E-state index in [0.717, 1.165) is 11.1 Å². The van der Waals surface area contributed by atoms with Crippen LogP contribution in [0.4, 0.5) is 0 Å². The highest BCUT2D eigenvalue weighted by Gasteiger charge is 2.05. The van der Waals surface area contributed by atoms with Crippen LogP contribution in [0.15, 0.2) is 18.5 Å². The molecule has 15 heavy (non-hydrogen) atoms. The van der Waals surface area contributed by atoms with Crippen molar-refractivity contribution < 1.29 is 9.84 Å². The molecule has 84 valence electrons. The van der Waals surface area contributed by atoms with Gasteiger partial charge in [-0.2, -0.15) is 0 Å². The van der Waals surface area contributed by atoms with E-state index >= 15 is 0 Å². The van der Waals surface area contributed by atoms with Gasteiger partial charge < -0.3 is 15.2 Å². The lowest BCUT2D eigenvalue weighted by Gasteiger charge is -2.15. The Morgan fingerprint density at radius 1 is 1.53 bits per heavy atom. The molecule has 0 saturated carbocycles. The third kappa shape index (κ3) is 4.38. The highest BCUT2D eigenvalue weighted by molar-refractivity contribution is 5.16. The standard InChI is InChI=1S/C11H18N2O2/c1-9-3-10(5-12-4-9)6-13-11(7-14)8-15-2/h3-5,11,13-14H,6-8H2,1-2H3. The van der Waals surface area contributed by atoms with Gasteiger partial charge in [0.05, 0.1) is 19.3 Å². The van der Waals surface area contributed by atoms with Gasteiger partial charge >= 0.3 is 0 Å². The second-order valence-corrected chi connectivity index (χ2v) is 3.59. The number of nitrogens with zero attached hydrogens (tertiary/aromatic N) is 1. The summed E-state index contributed by atoms with van der Waals surface area (Å²) in [7, 11) is 1.62. The largest absolute Gasteiger partial charge is 0.395 e. The molecular formula is C11H18N2O2. The molecule has 0 aliphatic rings. The maximum Gasteiger partial charge on any atom is 0.0638 e. The minimum atomic E-state index is -0.0180. The number of hydrogen-bond donors (Lipinski definition) is 2. The Labute approximate surface area is 90.3 Å². The maximum atomic E-state index is 9.03. The van der Waals surface area contributed by atoms with Gasteiger partial charge in [-0.05, 0) is 18.1 Å². The first kappa shape index (κ1) is 12.1. The summed E-state index contributed by atoms with van der Waals surface area (Å²) in [6.45, 7) is 3.29. The third-order valence-corrected chi connectivity index (χ3v) is 2.11. The van der Waals surface area contributed by atoms with Crippen LogP contribution in [0.1, 0.15) is 11.1 Å². The van der Waals surface area contributed by atoms with Crippen LogP contribution in [-0.2, 0) is 11.3 Å². The van der Waals surface area contributed by atoms with Gasteiger partial charge in [-0.3, -0.25) is 4.98 Å². The lowest BCUT2D eigenvalue weighted by molar-refractivity contribution is 0.128. The van der Waals surface area contributed by atoms with Gasteiger partial charge in [0.15, 0.2) is 0 Å². The number of aryl methyl sites for hydroxylation is 1. The predicted molar refractivity (Wildman–Crippen MR) is 58.6 cm³/mol. The summed E-state index contributed by atoms with van der Waals surface area (Å²) in [4.78, 5) is 4.10. The molecule has 1 aromatic rings. The van der Waals surface area contributed by atoms with Crippen LogP contribution in [0.3, 0.4) is 0 Å². The minimum absolute atomic E-state index is 0.0180. The smallest absolute Gasteiger partial charge is 0.0638 e. The molecular weight excluding hydrogens is 192 g/mol. The fourth-order valence-corrected chi connectivity index (χ4v) is 1.35. The van der Waals surface area contributed by atoms with Crippen LogP contribution in [0, 0.1) is 6.92 Å². The van der Waals surface area contributed by atoms with Gasteiger partial charge in [-0.1, -0.05) is 6.07 Å². The van der Waals surface area contributed by atoms with Gasteiger partial charge in [0, 0.05) is 26.0 Å². The highest BCUT2D eigenvalue weighted by Crippen LogP contribution is 2.01. The molecule has 1 rings (SSSR count). The Hall–Kier alpha value is -0.970. The van der Waals surface area contributed by atoms with Crippen molar-refractivity contribution in [3.8, 4) is 0 Å². The number of ether oxygens (including phenoxy) is 1. The molecule has 0 fully saturated rings. The van der Waals surface area contributed by atoms with Gasteiger partial charge in [-0.15, -0.1) is 0 Å². The van der Waals surface area contributed by atoms with Crippen molar-refractivity contribution in [1.29, 1.82) is 0 Å². The van der Waals surface area contributed by atoms with Crippen molar-refractivity contribution in [1.82, 2.24) is 10.3 Å². The Kier molecular flexibility index (Phi) is 5.25. The van der Waals surface area contributed by atoms with Crippen LogP contribution in [0.25, 0.3) is 0 Å². The SMILES string of the molecule is COCC(CO)NCc1cncc(C)c1. The van der Waals surface area contributed by atoms with Crippen molar-refractivity contribution in [3.05, 3.63) is 29.6 Å². The van der Waals surface area contributed by atoms with Crippen LogP contribution in [0.5, 0.6) is 0 Å². The molecule has 1 aromatic heterocycles. The number of aromatic nitrogens is 1. The van der Waals surface area contributed by atoms with Crippen molar-refractivity contribution in [2.24, 2.45) is 0 Å². The van der Waals surface area contributed by atoms with E-state index in [2.05, 4.69) is 16.4 Å². The monoisotopic (exact) mass is 210 g/mol. The van der Waals surface area contributed by atoms with E-state index in [9.17, 15) is 0 Å². The molecule has 1 atom stereocenters. The number of aliphatic hydroxyl groups is 1. The zero-order valence-corrected chi connectivity index (χ0v) is 9.23. The quantitative estimate of drug-likeness (QED) is 0.717. The van der Waals surface area contributed by atoms with E-state index in [0.29, 0.717) is 13.2 Å². The zero-order valence-electron chi connectivity index (χ0n) is 9.23. The summed E-state index contributed by atoms with van der Waals surface area (Å²) in [5.74, 6) is 0. The molecule has 0 spiro atoms. The van der Waals surface area contributed by atoms with Crippen molar-refractivity contribution in [3.63, 3.8) is 0 Å². The molecule has 0 aliphatic heterocycles. The molecule has 0 bridgehead atoms. The van der Waals surface area contributed by atoms with Crippen LogP contribution < -0.4 is 5.32 Å². The first-order chi connectivity index (χ1) is 7.26. The Bertz CT molecular complexity index is 292. The molecule has 0 aliphatic carbocycles. The van der Waals surface area contributed by atoms with E-state index in [1.807, 2.05) is 19.3 Å². The molecule has 0 aromatic carbocycles. The average molecular weight is 210 g/mol. The molecule has 0 amide bonds. The summed E-state index contributed by atoms with van der Waals surface area (Å²) in [5.41, 5.74) is 2.26. The van der Waals surface area contributed by atoms with Crippen LogP contribution in [0.2, 0.25) is 0 Å². The van der Waals surface area contributed by atoms with Crippen molar-refractivity contribution in [2.45, 2.75) is 19.5 Å². The molecule has 4 nitrogen and oxygen atoms in total. The molecule has 1 unspecified atom stereocenters. The van der Waals surface area contributed by atoms with Gasteiger partial charge in [0.2, 0.25) is 0 Å². The lowest BCUT2D eigenvalue weighted by Crippen LogP contribution is -2.35. The fourth-order valence-electron chi connectivity index (χ4n) is 1.35. The normalized spacial score (nSPS) is 12.7. The second kappa shape index (κ2) is 6.50. The zero-order chi connectivity index (χ0) is 11.1. The number of nitrogens with one attached hydrogen (secondary N) is 1. The third-order valence-electron chi connectivity index (χ3n) is 2.11. The average Bonchev–Trinajstić information content (AvgIpc) is 2.24. The number of methoxy groups -OCH3 is 1. The molecule has 0 radical (unpaired) electrons. The van der Waals surface area contributed by atoms with Crippen LogP contribution in [-0.4, -0.2) is 36.5 Å². The summed E-state index contributed by atoms with van der Waals surface area (Å²) in [6.07, 6.45) is 3.64. The number of rotatable bonds is 6. The summed E-state index contributed by atoms with van der Waals surface area (Å²) in [5, 5.41) is 12.2. The van der Waals surface area contributed by atoms with Crippen molar-refractivity contribution >= 4 is 0 Å². The van der Waals surface area contributed by atoms with Gasteiger partial charge in [0.1, 0.15) is 0 Å². The van der Waals surface area contributed by atoms with E-state index in [1.165, 1.54) is 0 Å². The lowest BCUT2D eigenvalue weighted by atomic mass is 10.2. The van der Waals surface area contributed by atoms with Gasteiger partial charge in [-0.25, -0.2) is 0 Å². The molecule has 4 heteroatoms. The summed E-state index contributed by atoms with van der Waals surface area (Å²) in [6, 6.07) is 2.05. The Morgan fingerprint density at radius 3 is 2.93 bits per heavy atom. The van der Waals surface area contributed by atoms with E-state index < -0.39 is 0 Å².